The van der Waals surface area contributed by atoms with Gasteiger partial charge in [0.05, 0.1) is 23.2 Å². The number of esters is 1. The number of para-hydroxylation sites is 1. The number of sulfonamides is 1. The molecule has 1 aliphatic rings. The van der Waals surface area contributed by atoms with Crippen LogP contribution in [0.5, 0.6) is 0 Å². The molecule has 3 rings (SSSR count). The first-order valence-corrected chi connectivity index (χ1v) is 12.4. The summed E-state index contributed by atoms with van der Waals surface area (Å²) in [6, 6.07) is 13.1. The Labute approximate surface area is 185 Å². The van der Waals surface area contributed by atoms with E-state index in [-0.39, 0.29) is 12.0 Å². The second-order valence-electron chi connectivity index (χ2n) is 7.93. The van der Waals surface area contributed by atoms with E-state index >= 15 is 0 Å². The van der Waals surface area contributed by atoms with E-state index in [0.29, 0.717) is 23.6 Å². The van der Waals surface area contributed by atoms with Gasteiger partial charge in [-0.25, -0.2) is 8.42 Å². The van der Waals surface area contributed by atoms with Crippen LogP contribution in [0.4, 0.5) is 5.69 Å². The second-order valence-corrected chi connectivity index (χ2v) is 9.87. The highest BCUT2D eigenvalue weighted by Crippen LogP contribution is 2.40. The molecule has 0 spiro atoms. The molecule has 168 valence electrons. The minimum absolute atomic E-state index is 0.132. The molecular weight excluding hydrogens is 412 g/mol. The Morgan fingerprint density at radius 3 is 2.58 bits per heavy atom. The van der Waals surface area contributed by atoms with Gasteiger partial charge in [0.1, 0.15) is 0 Å². The molecule has 1 unspecified atom stereocenters. The van der Waals surface area contributed by atoms with E-state index in [2.05, 4.69) is 5.32 Å². The van der Waals surface area contributed by atoms with Crippen LogP contribution in [0.15, 0.2) is 47.4 Å². The van der Waals surface area contributed by atoms with Crippen LogP contribution in [0, 0.1) is 6.92 Å². The predicted octanol–water partition coefficient (Wildman–Crippen LogP) is 4.33. The molecular formula is C24H32N2O4S. The molecule has 2 aromatic rings. The van der Waals surface area contributed by atoms with Crippen LogP contribution in [0.25, 0.3) is 0 Å². The zero-order valence-corrected chi connectivity index (χ0v) is 19.4. The first kappa shape index (κ1) is 23.3. The maximum atomic E-state index is 13.3. The Morgan fingerprint density at radius 2 is 1.81 bits per heavy atom. The summed E-state index contributed by atoms with van der Waals surface area (Å²) in [4.78, 5) is 11.8. The van der Waals surface area contributed by atoms with Gasteiger partial charge in [-0.2, -0.15) is 0 Å². The number of carbonyl (C=O) groups is 1. The number of anilines is 1. The summed E-state index contributed by atoms with van der Waals surface area (Å²) in [5.41, 5.74) is 3.36. The summed E-state index contributed by atoms with van der Waals surface area (Å²) in [7, 11) is -2.01. The zero-order chi connectivity index (χ0) is 22.4. The molecule has 1 heterocycles. The van der Waals surface area contributed by atoms with Gasteiger partial charge in [-0.3, -0.25) is 9.10 Å². The van der Waals surface area contributed by atoms with E-state index in [9.17, 15) is 13.2 Å². The van der Waals surface area contributed by atoms with Crippen LogP contribution < -0.4 is 9.62 Å². The molecule has 2 aromatic carbocycles. The molecule has 0 aliphatic carbocycles. The molecule has 1 atom stereocenters. The van der Waals surface area contributed by atoms with E-state index in [1.165, 1.54) is 4.31 Å². The third kappa shape index (κ3) is 5.28. The topological polar surface area (TPSA) is 75.7 Å². The molecule has 0 radical (unpaired) electrons. The number of nitrogens with zero attached hydrogens (tertiary/aromatic N) is 1. The number of rotatable bonds is 9. The van der Waals surface area contributed by atoms with Crippen molar-refractivity contribution < 1.29 is 17.9 Å². The minimum Gasteiger partial charge on any atom is -0.466 e. The molecule has 7 heteroatoms. The Kier molecular flexibility index (Phi) is 7.73. The van der Waals surface area contributed by atoms with E-state index < -0.39 is 10.0 Å². The molecule has 31 heavy (non-hydrogen) atoms. The lowest BCUT2D eigenvalue weighted by Crippen LogP contribution is -2.26. The Hall–Kier alpha value is -2.38. The van der Waals surface area contributed by atoms with E-state index in [0.717, 1.165) is 48.9 Å². The van der Waals surface area contributed by atoms with Crippen LogP contribution in [-0.2, 0) is 19.6 Å². The molecule has 0 fully saturated rings. The Bertz CT molecular complexity index is 1020. The SMILES string of the molecule is CCOC(=O)CCCCCCNC1c2ccccc2N(C)S(=O)(=O)c2cc(C)ccc21. The molecule has 1 N–H and O–H groups in total. The number of nitrogens with one attached hydrogen (secondary N) is 1. The maximum Gasteiger partial charge on any atom is 0.305 e. The second kappa shape index (κ2) is 10.3. The molecule has 6 nitrogen and oxygen atoms in total. The van der Waals surface area contributed by atoms with Crippen molar-refractivity contribution in [3.63, 3.8) is 0 Å². The Balaban J connectivity index is 1.73. The quantitative estimate of drug-likeness (QED) is 0.460. The number of benzene rings is 2. The third-order valence-electron chi connectivity index (χ3n) is 5.67. The molecule has 0 amide bonds. The fourth-order valence-corrected chi connectivity index (χ4v) is 5.55. The highest BCUT2D eigenvalue weighted by molar-refractivity contribution is 7.92. The lowest BCUT2D eigenvalue weighted by molar-refractivity contribution is -0.143. The lowest BCUT2D eigenvalue weighted by Gasteiger charge is -2.22. The van der Waals surface area contributed by atoms with E-state index in [4.69, 9.17) is 4.74 Å². The summed E-state index contributed by atoms with van der Waals surface area (Å²) < 4.78 is 32.9. The van der Waals surface area contributed by atoms with Crippen molar-refractivity contribution in [2.75, 3.05) is 24.5 Å². The molecule has 0 bridgehead atoms. The van der Waals surface area contributed by atoms with Gasteiger partial charge in [-0.1, -0.05) is 43.2 Å². The minimum atomic E-state index is -3.63. The van der Waals surface area contributed by atoms with Gasteiger partial charge >= 0.3 is 5.97 Å². The zero-order valence-electron chi connectivity index (χ0n) is 18.6. The van der Waals surface area contributed by atoms with E-state index in [1.807, 2.05) is 50.2 Å². The summed E-state index contributed by atoms with van der Waals surface area (Å²) in [6.07, 6.45) is 4.21. The average molecular weight is 445 g/mol. The van der Waals surface area contributed by atoms with Crippen molar-refractivity contribution in [1.29, 1.82) is 0 Å². The maximum absolute atomic E-state index is 13.3. The van der Waals surface area contributed by atoms with Crippen molar-refractivity contribution in [3.05, 3.63) is 59.2 Å². The first-order chi connectivity index (χ1) is 14.9. The molecule has 1 aliphatic heterocycles. The van der Waals surface area contributed by atoms with Gasteiger partial charge in [0.25, 0.3) is 10.0 Å². The fraction of sp³-hybridized carbons (Fsp3) is 0.458. The van der Waals surface area contributed by atoms with E-state index in [1.54, 1.807) is 13.1 Å². The highest BCUT2D eigenvalue weighted by atomic mass is 32.2. The number of unbranched alkanes of at least 4 members (excludes halogenated alkanes) is 3. The smallest absolute Gasteiger partial charge is 0.305 e. The Morgan fingerprint density at radius 1 is 1.06 bits per heavy atom. The van der Waals surface area contributed by atoms with Gasteiger partial charge in [-0.05, 0) is 62.1 Å². The lowest BCUT2D eigenvalue weighted by atomic mass is 9.96. The summed E-state index contributed by atoms with van der Waals surface area (Å²) in [6.45, 7) is 4.91. The van der Waals surface area contributed by atoms with Crippen molar-refractivity contribution in [1.82, 2.24) is 5.32 Å². The number of ether oxygens (including phenoxy) is 1. The summed E-state index contributed by atoms with van der Waals surface area (Å²) in [5, 5.41) is 3.59. The monoisotopic (exact) mass is 444 g/mol. The van der Waals surface area contributed by atoms with Crippen LogP contribution in [0.2, 0.25) is 0 Å². The third-order valence-corrected chi connectivity index (χ3v) is 7.49. The van der Waals surface area contributed by atoms with Crippen molar-refractivity contribution >= 4 is 21.7 Å². The molecule has 0 saturated heterocycles. The van der Waals surface area contributed by atoms with Crippen LogP contribution >= 0.6 is 0 Å². The number of aryl methyl sites for hydroxylation is 1. The molecule has 0 aromatic heterocycles. The average Bonchev–Trinajstić information content (AvgIpc) is 2.81. The van der Waals surface area contributed by atoms with Crippen LogP contribution in [0.3, 0.4) is 0 Å². The normalized spacial score (nSPS) is 16.9. The predicted molar refractivity (Wildman–Crippen MR) is 123 cm³/mol. The number of carbonyl (C=O) groups excluding carboxylic acids is 1. The number of fused-ring (bicyclic) bond motifs is 2. The molecule has 0 saturated carbocycles. The van der Waals surface area contributed by atoms with Crippen molar-refractivity contribution in [3.8, 4) is 0 Å². The van der Waals surface area contributed by atoms with Crippen molar-refractivity contribution in [2.45, 2.75) is 56.9 Å². The first-order valence-electron chi connectivity index (χ1n) is 10.9. The number of hydrogen-bond donors (Lipinski definition) is 1. The van der Waals surface area contributed by atoms with Crippen LogP contribution in [0.1, 0.15) is 61.8 Å². The van der Waals surface area contributed by atoms with Gasteiger partial charge in [0.2, 0.25) is 0 Å². The van der Waals surface area contributed by atoms with Gasteiger partial charge in [0.15, 0.2) is 0 Å². The largest absolute Gasteiger partial charge is 0.466 e. The summed E-state index contributed by atoms with van der Waals surface area (Å²) >= 11 is 0. The standard InChI is InChI=1S/C24H32N2O4S/c1-4-30-23(27)13-7-5-6-10-16-25-24-19-11-8-9-12-21(19)26(3)31(28,29)22-17-18(2)14-15-20(22)24/h8-9,11-12,14-15,17,24-25H,4-7,10,13,16H2,1-3H3. The summed E-state index contributed by atoms with van der Waals surface area (Å²) in [5.74, 6) is -0.132. The number of hydrogen-bond acceptors (Lipinski definition) is 5. The van der Waals surface area contributed by atoms with Gasteiger partial charge in [0, 0.05) is 13.5 Å². The van der Waals surface area contributed by atoms with Gasteiger partial charge in [-0.15, -0.1) is 0 Å². The van der Waals surface area contributed by atoms with Crippen molar-refractivity contribution in [2.24, 2.45) is 0 Å². The van der Waals surface area contributed by atoms with Gasteiger partial charge < -0.3 is 10.1 Å². The fourth-order valence-electron chi connectivity index (χ4n) is 4.01. The van der Waals surface area contributed by atoms with Crippen LogP contribution in [-0.4, -0.2) is 34.6 Å². The highest BCUT2D eigenvalue weighted by Gasteiger charge is 2.34.